The van der Waals surface area contributed by atoms with Gasteiger partial charge in [0.15, 0.2) is 0 Å². The van der Waals surface area contributed by atoms with Crippen LogP contribution in [0, 0.1) is 13.8 Å². The van der Waals surface area contributed by atoms with E-state index < -0.39 is 0 Å². The molecular formula is C22H24N4O2. The molecule has 3 rings (SSSR count). The van der Waals surface area contributed by atoms with Gasteiger partial charge in [0, 0.05) is 17.9 Å². The number of hydrogen-bond donors (Lipinski definition) is 2. The standard InChI is InChI=1S/C22H24N4O2/c1-15-6-4-5-7-19(15)25-21(27)20-14-16(2)24-22(26-20)23-13-12-17-8-10-18(28-3)11-9-17/h4-11,14H,12-13H2,1-3H3,(H,25,27)(H,23,24,26). The van der Waals surface area contributed by atoms with Crippen molar-refractivity contribution in [2.24, 2.45) is 0 Å². The van der Waals surface area contributed by atoms with Gasteiger partial charge in [-0.15, -0.1) is 0 Å². The minimum Gasteiger partial charge on any atom is -0.497 e. The molecular weight excluding hydrogens is 352 g/mol. The predicted octanol–water partition coefficient (Wildman–Crippen LogP) is 4.01. The third-order valence-electron chi connectivity index (χ3n) is 4.34. The Morgan fingerprint density at radius 1 is 1.04 bits per heavy atom. The fourth-order valence-corrected chi connectivity index (χ4v) is 2.77. The molecule has 0 aliphatic carbocycles. The summed E-state index contributed by atoms with van der Waals surface area (Å²) in [6.07, 6.45) is 0.812. The molecule has 3 aromatic rings. The van der Waals surface area contributed by atoms with Gasteiger partial charge in [-0.25, -0.2) is 9.97 Å². The number of rotatable bonds is 7. The first-order valence-corrected chi connectivity index (χ1v) is 9.14. The first-order chi connectivity index (χ1) is 13.5. The molecule has 6 nitrogen and oxygen atoms in total. The SMILES string of the molecule is COc1ccc(CCNc2nc(C)cc(C(=O)Nc3ccccc3C)n2)cc1. The van der Waals surface area contributed by atoms with Crippen molar-refractivity contribution in [2.45, 2.75) is 20.3 Å². The number of aromatic nitrogens is 2. The van der Waals surface area contributed by atoms with Gasteiger partial charge >= 0.3 is 0 Å². The molecule has 2 aromatic carbocycles. The van der Waals surface area contributed by atoms with Crippen molar-refractivity contribution in [3.05, 3.63) is 77.1 Å². The van der Waals surface area contributed by atoms with Gasteiger partial charge in [-0.2, -0.15) is 0 Å². The highest BCUT2D eigenvalue weighted by Gasteiger charge is 2.12. The number of aryl methyl sites for hydroxylation is 2. The highest BCUT2D eigenvalue weighted by atomic mass is 16.5. The number of carbonyl (C=O) groups is 1. The highest BCUT2D eigenvalue weighted by Crippen LogP contribution is 2.15. The summed E-state index contributed by atoms with van der Waals surface area (Å²) < 4.78 is 5.17. The van der Waals surface area contributed by atoms with Crippen LogP contribution in [0.25, 0.3) is 0 Å². The van der Waals surface area contributed by atoms with Crippen LogP contribution in [0.5, 0.6) is 5.75 Å². The van der Waals surface area contributed by atoms with Gasteiger partial charge in [0.25, 0.3) is 5.91 Å². The van der Waals surface area contributed by atoms with Crippen LogP contribution in [0.1, 0.15) is 27.3 Å². The van der Waals surface area contributed by atoms with Crippen molar-refractivity contribution < 1.29 is 9.53 Å². The lowest BCUT2D eigenvalue weighted by atomic mass is 10.1. The average Bonchev–Trinajstić information content (AvgIpc) is 2.70. The summed E-state index contributed by atoms with van der Waals surface area (Å²) in [5.74, 6) is 1.03. The van der Waals surface area contributed by atoms with E-state index in [1.165, 1.54) is 5.56 Å². The number of anilines is 2. The van der Waals surface area contributed by atoms with E-state index in [0.29, 0.717) is 18.2 Å². The molecule has 0 spiro atoms. The fraction of sp³-hybridized carbons (Fsp3) is 0.227. The fourth-order valence-electron chi connectivity index (χ4n) is 2.77. The topological polar surface area (TPSA) is 76.1 Å². The second kappa shape index (κ2) is 8.99. The maximum atomic E-state index is 12.6. The molecule has 2 N–H and O–H groups in total. The lowest BCUT2D eigenvalue weighted by molar-refractivity contribution is 0.102. The Labute approximate surface area is 165 Å². The monoisotopic (exact) mass is 376 g/mol. The van der Waals surface area contributed by atoms with Crippen LogP contribution < -0.4 is 15.4 Å². The molecule has 0 saturated carbocycles. The number of para-hydroxylation sites is 1. The number of amides is 1. The van der Waals surface area contributed by atoms with Crippen molar-refractivity contribution in [3.8, 4) is 5.75 Å². The number of carbonyl (C=O) groups excluding carboxylic acids is 1. The van der Waals surface area contributed by atoms with E-state index in [1.807, 2.05) is 62.4 Å². The molecule has 144 valence electrons. The van der Waals surface area contributed by atoms with Crippen LogP contribution in [-0.2, 0) is 6.42 Å². The zero-order chi connectivity index (χ0) is 19.9. The molecule has 0 atom stereocenters. The van der Waals surface area contributed by atoms with E-state index in [9.17, 15) is 4.79 Å². The molecule has 1 heterocycles. The number of ether oxygens (including phenoxy) is 1. The average molecular weight is 376 g/mol. The van der Waals surface area contributed by atoms with Gasteiger partial charge in [0.2, 0.25) is 5.95 Å². The Hall–Kier alpha value is -3.41. The minimum atomic E-state index is -0.252. The maximum Gasteiger partial charge on any atom is 0.274 e. The minimum absolute atomic E-state index is 0.252. The summed E-state index contributed by atoms with van der Waals surface area (Å²) in [7, 11) is 1.65. The maximum absolute atomic E-state index is 12.6. The van der Waals surface area contributed by atoms with Gasteiger partial charge in [-0.3, -0.25) is 4.79 Å². The summed E-state index contributed by atoms with van der Waals surface area (Å²) in [4.78, 5) is 21.3. The molecule has 0 saturated heterocycles. The molecule has 0 aliphatic heterocycles. The highest BCUT2D eigenvalue weighted by molar-refractivity contribution is 6.03. The van der Waals surface area contributed by atoms with Crippen LogP contribution >= 0.6 is 0 Å². The van der Waals surface area contributed by atoms with Crippen molar-refractivity contribution in [1.82, 2.24) is 9.97 Å². The number of benzene rings is 2. The van der Waals surface area contributed by atoms with Crippen molar-refractivity contribution in [1.29, 1.82) is 0 Å². The van der Waals surface area contributed by atoms with Gasteiger partial charge in [-0.05, 0) is 55.7 Å². The Bertz CT molecular complexity index is 955. The van der Waals surface area contributed by atoms with E-state index >= 15 is 0 Å². The molecule has 0 aliphatic rings. The molecule has 1 aromatic heterocycles. The van der Waals surface area contributed by atoms with Gasteiger partial charge in [-0.1, -0.05) is 30.3 Å². The molecule has 0 bridgehead atoms. The lowest BCUT2D eigenvalue weighted by Crippen LogP contribution is -2.17. The predicted molar refractivity (Wildman–Crippen MR) is 111 cm³/mol. The number of nitrogens with zero attached hydrogens (tertiary/aromatic N) is 2. The van der Waals surface area contributed by atoms with Crippen LogP contribution in [0.3, 0.4) is 0 Å². The summed E-state index contributed by atoms with van der Waals surface area (Å²) >= 11 is 0. The van der Waals surface area contributed by atoms with Gasteiger partial charge in [0.1, 0.15) is 11.4 Å². The summed E-state index contributed by atoms with van der Waals surface area (Å²) in [6, 6.07) is 17.3. The Morgan fingerprint density at radius 3 is 2.50 bits per heavy atom. The van der Waals surface area contributed by atoms with Crippen LogP contribution in [0.2, 0.25) is 0 Å². The molecule has 0 unspecified atom stereocenters. The summed E-state index contributed by atoms with van der Waals surface area (Å²) in [5.41, 5.74) is 4.02. The van der Waals surface area contributed by atoms with E-state index in [1.54, 1.807) is 13.2 Å². The van der Waals surface area contributed by atoms with Crippen LogP contribution in [0.15, 0.2) is 54.6 Å². The van der Waals surface area contributed by atoms with Crippen molar-refractivity contribution in [3.63, 3.8) is 0 Å². The summed E-state index contributed by atoms with van der Waals surface area (Å²) in [6.45, 7) is 4.46. The second-order valence-corrected chi connectivity index (χ2v) is 6.51. The first-order valence-electron chi connectivity index (χ1n) is 9.14. The molecule has 28 heavy (non-hydrogen) atoms. The van der Waals surface area contributed by atoms with E-state index in [4.69, 9.17) is 4.74 Å². The normalized spacial score (nSPS) is 10.4. The zero-order valence-corrected chi connectivity index (χ0v) is 16.3. The first kappa shape index (κ1) is 19.4. The van der Waals surface area contributed by atoms with Crippen LogP contribution in [0.4, 0.5) is 11.6 Å². The van der Waals surface area contributed by atoms with Crippen molar-refractivity contribution in [2.75, 3.05) is 24.3 Å². The molecule has 6 heteroatoms. The van der Waals surface area contributed by atoms with Crippen LogP contribution in [-0.4, -0.2) is 29.5 Å². The zero-order valence-electron chi connectivity index (χ0n) is 16.3. The van der Waals surface area contributed by atoms with Gasteiger partial charge < -0.3 is 15.4 Å². The molecule has 0 radical (unpaired) electrons. The van der Waals surface area contributed by atoms with Crippen molar-refractivity contribution >= 4 is 17.5 Å². The quantitative estimate of drug-likeness (QED) is 0.652. The Kier molecular flexibility index (Phi) is 6.22. The smallest absolute Gasteiger partial charge is 0.274 e. The van der Waals surface area contributed by atoms with Gasteiger partial charge in [0.05, 0.1) is 7.11 Å². The molecule has 1 amide bonds. The second-order valence-electron chi connectivity index (χ2n) is 6.51. The van der Waals surface area contributed by atoms with E-state index in [-0.39, 0.29) is 5.91 Å². The molecule has 0 fully saturated rings. The largest absolute Gasteiger partial charge is 0.497 e. The lowest BCUT2D eigenvalue weighted by Gasteiger charge is -2.10. The number of nitrogens with one attached hydrogen (secondary N) is 2. The summed E-state index contributed by atoms with van der Waals surface area (Å²) in [5, 5.41) is 6.10. The Balaban J connectivity index is 1.63. The number of hydrogen-bond acceptors (Lipinski definition) is 5. The van der Waals surface area contributed by atoms with E-state index in [2.05, 4.69) is 20.6 Å². The third-order valence-corrected chi connectivity index (χ3v) is 4.34. The Morgan fingerprint density at radius 2 is 1.79 bits per heavy atom. The number of methoxy groups -OCH3 is 1. The van der Waals surface area contributed by atoms with E-state index in [0.717, 1.165) is 29.1 Å². The third kappa shape index (κ3) is 5.07.